The van der Waals surface area contributed by atoms with Crippen molar-refractivity contribution >= 4 is 17.4 Å². The predicted octanol–water partition coefficient (Wildman–Crippen LogP) is 1.61. The second-order valence-electron chi connectivity index (χ2n) is 6.98. The van der Waals surface area contributed by atoms with Crippen molar-refractivity contribution in [3.05, 3.63) is 46.7 Å². The lowest BCUT2D eigenvalue weighted by Gasteiger charge is -2.24. The molecule has 27 heavy (non-hydrogen) atoms. The van der Waals surface area contributed by atoms with Crippen LogP contribution in [0.1, 0.15) is 28.8 Å². The van der Waals surface area contributed by atoms with Gasteiger partial charge in [-0.3, -0.25) is 14.3 Å². The van der Waals surface area contributed by atoms with E-state index in [4.69, 9.17) is 4.42 Å². The molecule has 3 heterocycles. The Morgan fingerprint density at radius 2 is 2.04 bits per heavy atom. The van der Waals surface area contributed by atoms with E-state index in [1.165, 1.54) is 11.2 Å². The lowest BCUT2D eigenvalue weighted by Crippen LogP contribution is -2.35. The Morgan fingerprint density at radius 1 is 1.33 bits per heavy atom. The molecule has 8 heteroatoms. The van der Waals surface area contributed by atoms with E-state index in [9.17, 15) is 14.7 Å². The van der Waals surface area contributed by atoms with Crippen LogP contribution >= 0.6 is 0 Å². The maximum Gasteiger partial charge on any atom is 0.295 e. The lowest BCUT2D eigenvalue weighted by atomic mass is 9.98. The number of ketones is 1. The second kappa shape index (κ2) is 7.03. The number of nitrogens with zero attached hydrogens (tertiary/aromatic N) is 4. The van der Waals surface area contributed by atoms with Crippen molar-refractivity contribution in [3.63, 3.8) is 0 Å². The number of hydrogen-bond acceptors (Lipinski definition) is 6. The van der Waals surface area contributed by atoms with Gasteiger partial charge in [0.1, 0.15) is 17.6 Å². The summed E-state index contributed by atoms with van der Waals surface area (Å²) in [7, 11) is 5.54. The van der Waals surface area contributed by atoms with Crippen LogP contribution in [0.2, 0.25) is 0 Å². The third-order valence-electron chi connectivity index (χ3n) is 4.89. The van der Waals surface area contributed by atoms with E-state index in [0.29, 0.717) is 35.8 Å². The summed E-state index contributed by atoms with van der Waals surface area (Å²) in [4.78, 5) is 28.9. The number of likely N-dealkylation sites (N-methyl/N-ethyl adjacent to an activating group) is 1. The molecule has 0 saturated carbocycles. The lowest BCUT2D eigenvalue weighted by molar-refractivity contribution is -0.140. The molecular formula is C19H24N4O4. The van der Waals surface area contributed by atoms with E-state index < -0.39 is 17.7 Å². The van der Waals surface area contributed by atoms with Crippen molar-refractivity contribution in [1.82, 2.24) is 19.6 Å². The van der Waals surface area contributed by atoms with Crippen molar-refractivity contribution in [3.8, 4) is 0 Å². The highest BCUT2D eigenvalue weighted by Gasteiger charge is 2.47. The summed E-state index contributed by atoms with van der Waals surface area (Å²) in [5, 5.41) is 15.3. The van der Waals surface area contributed by atoms with Gasteiger partial charge in [-0.25, -0.2) is 0 Å². The third kappa shape index (κ3) is 3.16. The zero-order valence-electron chi connectivity index (χ0n) is 16.2. The number of aliphatic hydroxyl groups is 1. The summed E-state index contributed by atoms with van der Waals surface area (Å²) in [5.74, 6) is -1.13. The number of amides is 1. The number of aryl methyl sites for hydroxylation is 2. The van der Waals surface area contributed by atoms with Crippen LogP contribution in [0.3, 0.4) is 0 Å². The molecule has 1 amide bonds. The van der Waals surface area contributed by atoms with Gasteiger partial charge < -0.3 is 19.3 Å². The van der Waals surface area contributed by atoms with Crippen molar-refractivity contribution in [1.29, 1.82) is 0 Å². The molecule has 144 valence electrons. The fourth-order valence-corrected chi connectivity index (χ4v) is 3.41. The average Bonchev–Trinajstić information content (AvgIpc) is 3.26. The molecule has 1 fully saturated rings. The summed E-state index contributed by atoms with van der Waals surface area (Å²) in [6.45, 7) is 4.48. The Morgan fingerprint density at radius 3 is 2.56 bits per heavy atom. The first kappa shape index (κ1) is 18.9. The Hall–Kier alpha value is -2.87. The van der Waals surface area contributed by atoms with Gasteiger partial charge in [-0.2, -0.15) is 5.10 Å². The Kier molecular flexibility index (Phi) is 4.93. The van der Waals surface area contributed by atoms with Crippen molar-refractivity contribution in [2.45, 2.75) is 19.9 Å². The van der Waals surface area contributed by atoms with Crippen molar-refractivity contribution in [2.24, 2.45) is 7.05 Å². The van der Waals surface area contributed by atoms with Crippen molar-refractivity contribution < 1.29 is 19.1 Å². The van der Waals surface area contributed by atoms with E-state index in [0.717, 1.165) is 0 Å². The fourth-order valence-electron chi connectivity index (χ4n) is 3.41. The van der Waals surface area contributed by atoms with Gasteiger partial charge in [0.05, 0.1) is 23.1 Å². The molecule has 0 bridgehead atoms. The standard InChI is InChI=1S/C19H24N4O4/c1-11-14(12(2)22(5)20-11)17(24)15-16(13-7-6-10-27-13)23(9-8-21(3)4)19(26)18(15)25/h6-7,10,16,24H,8-9H2,1-5H3/t16-/m0/s1. The van der Waals surface area contributed by atoms with Gasteiger partial charge in [0.2, 0.25) is 0 Å². The minimum Gasteiger partial charge on any atom is -0.507 e. The van der Waals surface area contributed by atoms with E-state index >= 15 is 0 Å². The van der Waals surface area contributed by atoms with E-state index in [-0.39, 0.29) is 11.3 Å². The molecule has 0 unspecified atom stereocenters. The predicted molar refractivity (Wildman–Crippen MR) is 99.0 cm³/mol. The van der Waals surface area contributed by atoms with Gasteiger partial charge in [-0.1, -0.05) is 0 Å². The van der Waals surface area contributed by atoms with Crippen LogP contribution in [-0.4, -0.2) is 63.6 Å². The maximum absolute atomic E-state index is 12.8. The van der Waals surface area contributed by atoms with Gasteiger partial charge in [0.15, 0.2) is 0 Å². The van der Waals surface area contributed by atoms with Gasteiger partial charge in [0, 0.05) is 25.8 Å². The first-order valence-electron chi connectivity index (χ1n) is 8.71. The summed E-state index contributed by atoms with van der Waals surface area (Å²) in [6.07, 6.45) is 1.49. The van der Waals surface area contributed by atoms with Gasteiger partial charge in [0.25, 0.3) is 11.7 Å². The number of Topliss-reactive ketones (excluding diaryl/α,β-unsaturated/α-hetero) is 1. The molecule has 1 N–H and O–H groups in total. The van der Waals surface area contributed by atoms with E-state index in [1.807, 2.05) is 19.0 Å². The first-order valence-corrected chi connectivity index (χ1v) is 8.71. The smallest absolute Gasteiger partial charge is 0.295 e. The summed E-state index contributed by atoms with van der Waals surface area (Å²) < 4.78 is 7.14. The molecule has 0 spiro atoms. The summed E-state index contributed by atoms with van der Waals surface area (Å²) in [5.41, 5.74) is 1.81. The largest absolute Gasteiger partial charge is 0.507 e. The monoisotopic (exact) mass is 372 g/mol. The van der Waals surface area contributed by atoms with Crippen LogP contribution < -0.4 is 0 Å². The van der Waals surface area contributed by atoms with Gasteiger partial charge in [-0.15, -0.1) is 0 Å². The highest BCUT2D eigenvalue weighted by atomic mass is 16.3. The minimum atomic E-state index is -0.765. The number of aliphatic hydroxyl groups excluding tert-OH is 1. The molecule has 0 aromatic carbocycles. The van der Waals surface area contributed by atoms with Crippen LogP contribution in [0.15, 0.2) is 28.4 Å². The molecular weight excluding hydrogens is 348 g/mol. The number of hydrogen-bond donors (Lipinski definition) is 1. The van der Waals surface area contributed by atoms with E-state index in [2.05, 4.69) is 5.10 Å². The SMILES string of the molecule is Cc1nn(C)c(C)c1C(O)=C1C(=O)C(=O)N(CCN(C)C)[C@H]1c1ccco1. The Bertz CT molecular complexity index is 909. The average molecular weight is 372 g/mol. The quantitative estimate of drug-likeness (QED) is 0.487. The highest BCUT2D eigenvalue weighted by molar-refractivity contribution is 6.46. The summed E-state index contributed by atoms with van der Waals surface area (Å²) >= 11 is 0. The number of furan rings is 1. The van der Waals surface area contributed by atoms with Gasteiger partial charge >= 0.3 is 0 Å². The second-order valence-corrected chi connectivity index (χ2v) is 6.98. The highest BCUT2D eigenvalue weighted by Crippen LogP contribution is 2.40. The van der Waals surface area contributed by atoms with Crippen LogP contribution in [0.4, 0.5) is 0 Å². The Balaban J connectivity index is 2.17. The number of carbonyl (C=O) groups excluding carboxylic acids is 2. The van der Waals surface area contributed by atoms with Crippen LogP contribution in [0, 0.1) is 13.8 Å². The van der Waals surface area contributed by atoms with Crippen LogP contribution in [-0.2, 0) is 16.6 Å². The molecule has 1 aliphatic heterocycles. The third-order valence-corrected chi connectivity index (χ3v) is 4.89. The van der Waals surface area contributed by atoms with Crippen molar-refractivity contribution in [2.75, 3.05) is 27.2 Å². The molecule has 1 atom stereocenters. The first-order chi connectivity index (χ1) is 12.7. The van der Waals surface area contributed by atoms with E-state index in [1.54, 1.807) is 37.7 Å². The Labute approximate surface area is 157 Å². The number of likely N-dealkylation sites (tertiary alicyclic amines) is 1. The van der Waals surface area contributed by atoms with Crippen LogP contribution in [0.5, 0.6) is 0 Å². The molecule has 2 aromatic heterocycles. The number of aromatic nitrogens is 2. The fraction of sp³-hybridized carbons (Fsp3) is 0.421. The number of rotatable bonds is 5. The molecule has 1 saturated heterocycles. The number of carbonyl (C=O) groups is 2. The molecule has 2 aromatic rings. The summed E-state index contributed by atoms with van der Waals surface area (Å²) in [6, 6.07) is 2.64. The molecule has 1 aliphatic rings. The molecule has 8 nitrogen and oxygen atoms in total. The van der Waals surface area contributed by atoms with Gasteiger partial charge in [-0.05, 0) is 40.1 Å². The zero-order valence-corrected chi connectivity index (χ0v) is 16.2. The molecule has 3 rings (SSSR count). The van der Waals surface area contributed by atoms with Crippen LogP contribution in [0.25, 0.3) is 5.76 Å². The minimum absolute atomic E-state index is 0.0351. The molecule has 0 aliphatic carbocycles. The maximum atomic E-state index is 12.8. The topological polar surface area (TPSA) is 91.8 Å². The molecule has 0 radical (unpaired) electrons. The zero-order chi connectivity index (χ0) is 19.9. The normalized spacial score (nSPS) is 19.5.